The maximum Gasteiger partial charge on any atom is 0.407 e. The molecule has 0 spiro atoms. The van der Waals surface area contributed by atoms with Gasteiger partial charge in [-0.2, -0.15) is 0 Å². The summed E-state index contributed by atoms with van der Waals surface area (Å²) in [5, 5.41) is 14.6. The number of carbonyl (C=O) groups is 3. The van der Waals surface area contributed by atoms with Crippen molar-refractivity contribution in [1.82, 2.24) is 10.6 Å². The van der Waals surface area contributed by atoms with Crippen LogP contribution in [0.2, 0.25) is 0 Å². The molecule has 2 aromatic carbocycles. The molecule has 8 heteroatoms. The first-order valence-corrected chi connectivity index (χ1v) is 11.6. The molecule has 4 rings (SSSR count). The summed E-state index contributed by atoms with van der Waals surface area (Å²) in [7, 11) is 0. The van der Waals surface area contributed by atoms with Gasteiger partial charge in [0, 0.05) is 31.4 Å². The number of fused-ring (bicyclic) bond motifs is 3. The van der Waals surface area contributed by atoms with Crippen LogP contribution in [0, 0.1) is 17.8 Å². The fourth-order valence-corrected chi connectivity index (χ4v) is 4.67. The lowest BCUT2D eigenvalue weighted by atomic mass is 9.98. The number of amides is 2. The van der Waals surface area contributed by atoms with Gasteiger partial charge in [-0.3, -0.25) is 4.79 Å². The minimum absolute atomic E-state index is 0.0915. The number of hydrogen-bond acceptors (Lipinski definition) is 5. The lowest BCUT2D eigenvalue weighted by molar-refractivity contribution is -0.149. The van der Waals surface area contributed by atoms with E-state index in [2.05, 4.69) is 34.6 Å². The summed E-state index contributed by atoms with van der Waals surface area (Å²) in [5.74, 6) is 3.62. The molecule has 2 amide bonds. The van der Waals surface area contributed by atoms with E-state index in [1.807, 2.05) is 36.4 Å². The maximum atomic E-state index is 12.8. The molecule has 1 fully saturated rings. The second-order valence-corrected chi connectivity index (χ2v) is 8.58. The molecule has 1 aliphatic heterocycles. The first-order chi connectivity index (χ1) is 17.0. The van der Waals surface area contributed by atoms with Crippen molar-refractivity contribution in [2.45, 2.75) is 37.8 Å². The zero-order valence-corrected chi connectivity index (χ0v) is 19.5. The van der Waals surface area contributed by atoms with Crippen molar-refractivity contribution < 1.29 is 29.0 Å². The van der Waals surface area contributed by atoms with Gasteiger partial charge in [-0.25, -0.2) is 9.59 Å². The highest BCUT2D eigenvalue weighted by atomic mass is 16.5. The molecule has 2 aromatic rings. The number of nitrogens with one attached hydrogen (secondary N) is 2. The molecule has 8 nitrogen and oxygen atoms in total. The van der Waals surface area contributed by atoms with Crippen molar-refractivity contribution in [2.24, 2.45) is 5.92 Å². The van der Waals surface area contributed by atoms with E-state index in [1.54, 1.807) is 6.92 Å². The summed E-state index contributed by atoms with van der Waals surface area (Å²) < 4.78 is 10.8. The Bertz CT molecular complexity index is 1120. The van der Waals surface area contributed by atoms with E-state index >= 15 is 0 Å². The van der Waals surface area contributed by atoms with E-state index in [1.165, 1.54) is 0 Å². The Balaban J connectivity index is 1.36. The molecule has 0 aromatic heterocycles. The molecule has 2 aliphatic rings. The number of aliphatic carboxylic acids is 1. The van der Waals surface area contributed by atoms with Gasteiger partial charge in [0.1, 0.15) is 12.6 Å². The lowest BCUT2D eigenvalue weighted by Gasteiger charge is -2.20. The predicted molar refractivity (Wildman–Crippen MR) is 129 cm³/mol. The molecule has 0 bridgehead atoms. The third kappa shape index (κ3) is 5.47. The minimum atomic E-state index is -1.05. The Kier molecular flexibility index (Phi) is 7.68. The normalized spacial score (nSPS) is 19.0. The van der Waals surface area contributed by atoms with E-state index in [-0.39, 0.29) is 31.4 Å². The standard InChI is InChI=1S/C27H28N2O6/c1-2-3-12-23(25(30)28-15-17-13-14-34-24(17)26(31)32)29-27(33)35-16-22-20-10-6-4-8-18(20)19-9-5-7-11-21(19)22/h4-11,17,22-24H,12-16H2,1H3,(H,28,30)(H,29,33)(H,31,32)/t17-,23?,24-/m1/s1. The van der Waals surface area contributed by atoms with Crippen molar-refractivity contribution in [1.29, 1.82) is 0 Å². The van der Waals surface area contributed by atoms with E-state index in [9.17, 15) is 19.5 Å². The third-order valence-electron chi connectivity index (χ3n) is 6.43. The number of benzene rings is 2. The van der Waals surface area contributed by atoms with E-state index < -0.39 is 30.1 Å². The molecule has 182 valence electrons. The molecule has 3 atom stereocenters. The molecule has 1 aliphatic carbocycles. The van der Waals surface area contributed by atoms with Crippen molar-refractivity contribution in [3.8, 4) is 23.0 Å². The van der Waals surface area contributed by atoms with Gasteiger partial charge in [-0.15, -0.1) is 11.8 Å². The first kappa shape index (κ1) is 24.3. The van der Waals surface area contributed by atoms with Crippen molar-refractivity contribution in [2.75, 3.05) is 19.8 Å². The fourth-order valence-electron chi connectivity index (χ4n) is 4.67. The summed E-state index contributed by atoms with van der Waals surface area (Å²) in [6.45, 7) is 2.25. The van der Waals surface area contributed by atoms with Crippen LogP contribution >= 0.6 is 0 Å². The monoisotopic (exact) mass is 476 g/mol. The number of carboxylic acids is 1. The predicted octanol–water partition coefficient (Wildman–Crippen LogP) is 2.91. The van der Waals surface area contributed by atoms with Crippen LogP contribution in [-0.2, 0) is 19.1 Å². The third-order valence-corrected chi connectivity index (χ3v) is 6.43. The van der Waals surface area contributed by atoms with Crippen LogP contribution in [0.4, 0.5) is 4.79 Å². The Morgan fingerprint density at radius 3 is 2.40 bits per heavy atom. The van der Waals surface area contributed by atoms with Gasteiger partial charge in [0.15, 0.2) is 6.10 Å². The minimum Gasteiger partial charge on any atom is -0.479 e. The SMILES string of the molecule is CC#CCC(NC(=O)OCC1c2ccccc2-c2ccccc21)C(=O)NC[C@H]1CCO[C@H]1C(=O)O. The van der Waals surface area contributed by atoms with Gasteiger partial charge in [-0.05, 0) is 35.6 Å². The van der Waals surface area contributed by atoms with Crippen molar-refractivity contribution in [3.63, 3.8) is 0 Å². The van der Waals surface area contributed by atoms with Gasteiger partial charge in [0.05, 0.1) is 0 Å². The zero-order chi connectivity index (χ0) is 24.8. The van der Waals surface area contributed by atoms with Gasteiger partial charge in [-0.1, -0.05) is 48.5 Å². The Morgan fingerprint density at radius 2 is 1.77 bits per heavy atom. The number of ether oxygens (including phenoxy) is 2. The highest BCUT2D eigenvalue weighted by Crippen LogP contribution is 2.44. The highest BCUT2D eigenvalue weighted by molar-refractivity contribution is 5.86. The topological polar surface area (TPSA) is 114 Å². The second-order valence-electron chi connectivity index (χ2n) is 8.58. The molecular formula is C27H28N2O6. The van der Waals surface area contributed by atoms with Crippen molar-refractivity contribution >= 4 is 18.0 Å². The number of carboxylic acid groups (broad SMARTS) is 1. The van der Waals surface area contributed by atoms with E-state index in [0.29, 0.717) is 13.0 Å². The van der Waals surface area contributed by atoms with Gasteiger partial charge >= 0.3 is 12.1 Å². The quantitative estimate of drug-likeness (QED) is 0.505. The van der Waals surface area contributed by atoms with Crippen LogP contribution < -0.4 is 10.6 Å². The van der Waals surface area contributed by atoms with Gasteiger partial charge in [0.2, 0.25) is 5.91 Å². The molecule has 0 radical (unpaired) electrons. The fraction of sp³-hybridized carbons (Fsp3) is 0.370. The van der Waals surface area contributed by atoms with Gasteiger partial charge < -0.3 is 25.2 Å². The Hall–Kier alpha value is -3.83. The zero-order valence-electron chi connectivity index (χ0n) is 19.5. The van der Waals surface area contributed by atoms with E-state index in [0.717, 1.165) is 22.3 Å². The first-order valence-electron chi connectivity index (χ1n) is 11.6. The second kappa shape index (κ2) is 11.1. The summed E-state index contributed by atoms with van der Waals surface area (Å²) in [5.41, 5.74) is 4.45. The summed E-state index contributed by atoms with van der Waals surface area (Å²) in [6, 6.07) is 15.2. The molecule has 0 saturated carbocycles. The van der Waals surface area contributed by atoms with Crippen LogP contribution in [-0.4, -0.2) is 55.0 Å². The smallest absolute Gasteiger partial charge is 0.407 e. The van der Waals surface area contributed by atoms with Gasteiger partial charge in [0.25, 0.3) is 0 Å². The maximum absolute atomic E-state index is 12.8. The average molecular weight is 477 g/mol. The molecule has 1 unspecified atom stereocenters. The van der Waals surface area contributed by atoms with Crippen LogP contribution in [0.15, 0.2) is 48.5 Å². The number of alkyl carbamates (subject to hydrolysis) is 1. The Labute approximate surface area is 204 Å². The van der Waals surface area contributed by atoms with Crippen LogP contribution in [0.1, 0.15) is 36.8 Å². The van der Waals surface area contributed by atoms with Crippen LogP contribution in [0.5, 0.6) is 0 Å². The van der Waals surface area contributed by atoms with Crippen LogP contribution in [0.25, 0.3) is 11.1 Å². The summed E-state index contributed by atoms with van der Waals surface area (Å²) in [4.78, 5) is 36.7. The highest BCUT2D eigenvalue weighted by Gasteiger charge is 2.35. The number of hydrogen-bond donors (Lipinski definition) is 3. The largest absolute Gasteiger partial charge is 0.479 e. The summed E-state index contributed by atoms with van der Waals surface area (Å²) in [6.07, 6.45) is -1.01. The van der Waals surface area contributed by atoms with Crippen molar-refractivity contribution in [3.05, 3.63) is 59.7 Å². The molecule has 3 N–H and O–H groups in total. The van der Waals surface area contributed by atoms with E-state index in [4.69, 9.17) is 9.47 Å². The van der Waals surface area contributed by atoms with Crippen LogP contribution in [0.3, 0.4) is 0 Å². The lowest BCUT2D eigenvalue weighted by Crippen LogP contribution is -2.48. The Morgan fingerprint density at radius 1 is 1.11 bits per heavy atom. The molecule has 35 heavy (non-hydrogen) atoms. The number of carbonyl (C=O) groups excluding carboxylic acids is 2. The molecule has 1 saturated heterocycles. The number of rotatable bonds is 8. The average Bonchev–Trinajstić information content (AvgIpc) is 3.47. The molecule has 1 heterocycles. The molecular weight excluding hydrogens is 448 g/mol. The summed E-state index contributed by atoms with van der Waals surface area (Å²) >= 11 is 0.